The van der Waals surface area contributed by atoms with Crippen molar-refractivity contribution in [1.82, 2.24) is 0 Å². The van der Waals surface area contributed by atoms with Crippen LogP contribution >= 0.6 is 0 Å². The SMILES string of the molecule is CC1(C)[C@@H](O)CC[C@]2(C)[C@H]3C[C@H]4O[C@@]5(C)CCC[C@](C)(C5)[C@H]5CC[C@](C)([C@H]45)[C@]3(C)C[C@H](O)[C@@H]12. The van der Waals surface area contributed by atoms with Gasteiger partial charge in [-0.3, -0.25) is 0 Å². The Kier molecular flexibility index (Phi) is 4.66. The summed E-state index contributed by atoms with van der Waals surface area (Å²) >= 11 is 0. The number of aliphatic hydroxyl groups is 2. The van der Waals surface area contributed by atoms with Crippen molar-refractivity contribution in [2.24, 2.45) is 50.7 Å². The highest BCUT2D eigenvalue weighted by molar-refractivity contribution is 5.22. The Morgan fingerprint density at radius 1 is 0.818 bits per heavy atom. The Labute approximate surface area is 202 Å². The van der Waals surface area contributed by atoms with Gasteiger partial charge in [-0.2, -0.15) is 0 Å². The quantitative estimate of drug-likeness (QED) is 0.444. The summed E-state index contributed by atoms with van der Waals surface area (Å²) in [6, 6.07) is 0. The molecule has 6 rings (SSSR count). The summed E-state index contributed by atoms with van der Waals surface area (Å²) in [5, 5.41) is 22.8. The molecule has 6 aliphatic rings. The van der Waals surface area contributed by atoms with Gasteiger partial charge >= 0.3 is 0 Å². The Hall–Kier alpha value is -0.120. The molecule has 5 saturated carbocycles. The number of ether oxygens (including phenoxy) is 1. The van der Waals surface area contributed by atoms with Crippen molar-refractivity contribution >= 4 is 0 Å². The van der Waals surface area contributed by atoms with Crippen LogP contribution < -0.4 is 0 Å². The Morgan fingerprint density at radius 2 is 1.55 bits per heavy atom. The zero-order valence-electron chi connectivity index (χ0n) is 22.4. The molecule has 1 heterocycles. The third-order valence-electron chi connectivity index (χ3n) is 13.8. The summed E-state index contributed by atoms with van der Waals surface area (Å²) < 4.78 is 7.29. The third-order valence-corrected chi connectivity index (χ3v) is 13.8. The molecule has 0 amide bonds. The van der Waals surface area contributed by atoms with E-state index in [0.717, 1.165) is 31.6 Å². The van der Waals surface area contributed by atoms with Crippen LogP contribution in [0, 0.1) is 50.7 Å². The fourth-order valence-electron chi connectivity index (χ4n) is 12.5. The summed E-state index contributed by atoms with van der Waals surface area (Å²) in [4.78, 5) is 0. The second kappa shape index (κ2) is 6.60. The Balaban J connectivity index is 1.49. The van der Waals surface area contributed by atoms with Gasteiger partial charge in [0, 0.05) is 0 Å². The van der Waals surface area contributed by atoms with Crippen molar-refractivity contribution in [3.8, 4) is 0 Å². The highest BCUT2D eigenvalue weighted by Gasteiger charge is 2.74. The summed E-state index contributed by atoms with van der Waals surface area (Å²) in [7, 11) is 0. The predicted molar refractivity (Wildman–Crippen MR) is 132 cm³/mol. The highest BCUT2D eigenvalue weighted by Crippen LogP contribution is 2.78. The van der Waals surface area contributed by atoms with Gasteiger partial charge in [0.2, 0.25) is 0 Å². The van der Waals surface area contributed by atoms with Gasteiger partial charge < -0.3 is 14.9 Å². The fraction of sp³-hybridized carbons (Fsp3) is 1.00. The first kappa shape index (κ1) is 23.3. The first-order chi connectivity index (χ1) is 15.2. The molecular formula is C30H50O3. The lowest BCUT2D eigenvalue weighted by Crippen LogP contribution is -2.69. The topological polar surface area (TPSA) is 49.7 Å². The van der Waals surface area contributed by atoms with Crippen LogP contribution in [0.15, 0.2) is 0 Å². The number of hydrogen-bond acceptors (Lipinski definition) is 3. The van der Waals surface area contributed by atoms with Gasteiger partial charge in [-0.1, -0.05) is 48.0 Å². The van der Waals surface area contributed by atoms with E-state index >= 15 is 0 Å². The molecule has 3 heteroatoms. The molecule has 0 aromatic rings. The van der Waals surface area contributed by atoms with Crippen LogP contribution in [0.1, 0.15) is 113 Å². The molecule has 3 nitrogen and oxygen atoms in total. The van der Waals surface area contributed by atoms with Crippen LogP contribution in [0.25, 0.3) is 0 Å². The number of aliphatic hydroxyl groups excluding tert-OH is 2. The van der Waals surface area contributed by atoms with Gasteiger partial charge in [-0.15, -0.1) is 0 Å². The maximum atomic E-state index is 11.8. The molecule has 2 bridgehead atoms. The predicted octanol–water partition coefficient (Wildman–Crippen LogP) is 6.35. The molecule has 188 valence electrons. The third kappa shape index (κ3) is 2.69. The minimum atomic E-state index is -0.326. The molecule has 6 fully saturated rings. The lowest BCUT2D eigenvalue weighted by molar-refractivity contribution is -0.280. The first-order valence-corrected chi connectivity index (χ1v) is 14.2. The molecule has 1 aliphatic heterocycles. The largest absolute Gasteiger partial charge is 0.393 e. The lowest BCUT2D eigenvalue weighted by atomic mass is 9.34. The summed E-state index contributed by atoms with van der Waals surface area (Å²) in [6.07, 6.45) is 11.4. The Bertz CT molecular complexity index is 838. The van der Waals surface area contributed by atoms with Crippen LogP contribution in [0.2, 0.25) is 0 Å². The van der Waals surface area contributed by atoms with Crippen molar-refractivity contribution < 1.29 is 14.9 Å². The average Bonchev–Trinajstić information content (AvgIpc) is 3.04. The summed E-state index contributed by atoms with van der Waals surface area (Å²) in [6.45, 7) is 17.1. The van der Waals surface area contributed by atoms with Crippen molar-refractivity contribution in [3.63, 3.8) is 0 Å². The first-order valence-electron chi connectivity index (χ1n) is 14.2. The van der Waals surface area contributed by atoms with E-state index in [9.17, 15) is 10.2 Å². The van der Waals surface area contributed by atoms with Gasteiger partial charge in [0.1, 0.15) is 0 Å². The minimum absolute atomic E-state index is 0.0349. The van der Waals surface area contributed by atoms with E-state index in [0.29, 0.717) is 23.4 Å². The van der Waals surface area contributed by atoms with Crippen LogP contribution in [0.5, 0.6) is 0 Å². The number of fused-ring (bicyclic) bond motifs is 7. The molecule has 12 atom stereocenters. The molecule has 0 aromatic carbocycles. The smallest absolute Gasteiger partial charge is 0.0663 e. The summed E-state index contributed by atoms with van der Waals surface area (Å²) in [5.41, 5.74) is 0.598. The summed E-state index contributed by atoms with van der Waals surface area (Å²) in [5.74, 6) is 2.09. The molecule has 2 N–H and O–H groups in total. The normalized spacial score (nSPS) is 63.7. The van der Waals surface area contributed by atoms with E-state index in [4.69, 9.17) is 4.74 Å². The Morgan fingerprint density at radius 3 is 2.27 bits per heavy atom. The average molecular weight is 459 g/mol. The molecular weight excluding hydrogens is 408 g/mol. The number of hydrogen-bond donors (Lipinski definition) is 2. The molecule has 0 aromatic heterocycles. The lowest BCUT2D eigenvalue weighted by Gasteiger charge is -2.71. The van der Waals surface area contributed by atoms with E-state index in [2.05, 4.69) is 48.5 Å². The second-order valence-corrected chi connectivity index (χ2v) is 15.7. The fourth-order valence-corrected chi connectivity index (χ4v) is 12.5. The van der Waals surface area contributed by atoms with Crippen molar-refractivity contribution in [2.75, 3.05) is 0 Å². The monoisotopic (exact) mass is 458 g/mol. The molecule has 5 aliphatic carbocycles. The van der Waals surface area contributed by atoms with E-state index in [-0.39, 0.29) is 45.4 Å². The van der Waals surface area contributed by atoms with Gasteiger partial charge in [-0.05, 0) is 115 Å². The van der Waals surface area contributed by atoms with Crippen LogP contribution in [0.3, 0.4) is 0 Å². The van der Waals surface area contributed by atoms with Crippen molar-refractivity contribution in [3.05, 3.63) is 0 Å². The molecule has 0 radical (unpaired) electrons. The van der Waals surface area contributed by atoms with E-state index in [1.807, 2.05) is 0 Å². The minimum Gasteiger partial charge on any atom is -0.393 e. The van der Waals surface area contributed by atoms with E-state index in [1.54, 1.807) is 0 Å². The molecule has 33 heavy (non-hydrogen) atoms. The number of rotatable bonds is 0. The van der Waals surface area contributed by atoms with Crippen LogP contribution in [0.4, 0.5) is 0 Å². The molecule has 1 saturated heterocycles. The van der Waals surface area contributed by atoms with E-state index < -0.39 is 0 Å². The van der Waals surface area contributed by atoms with E-state index in [1.165, 1.54) is 38.5 Å². The van der Waals surface area contributed by atoms with Crippen molar-refractivity contribution in [2.45, 2.75) is 137 Å². The maximum absolute atomic E-state index is 11.8. The van der Waals surface area contributed by atoms with Crippen LogP contribution in [-0.2, 0) is 4.74 Å². The second-order valence-electron chi connectivity index (χ2n) is 15.7. The van der Waals surface area contributed by atoms with Gasteiger partial charge in [0.05, 0.1) is 23.9 Å². The zero-order chi connectivity index (χ0) is 23.8. The van der Waals surface area contributed by atoms with Gasteiger partial charge in [0.15, 0.2) is 0 Å². The standard InChI is InChI=1S/C30H50O3/c1-25(2)22(32)10-13-28(5)21-15-20-23-18(26(3)11-8-12-27(4,17-26)33-20)9-14-29(23,6)30(21,7)16-19(31)24(25)28/h18-24,31-32H,8-17H2,1-7H3/t18-,19-,20+,21+,22-,23-,24-,26+,27-,28+,29+,30+/m0/s1. The van der Waals surface area contributed by atoms with Crippen LogP contribution in [-0.4, -0.2) is 34.1 Å². The molecule has 0 spiro atoms. The van der Waals surface area contributed by atoms with Gasteiger partial charge in [0.25, 0.3) is 0 Å². The highest BCUT2D eigenvalue weighted by atomic mass is 16.5. The maximum Gasteiger partial charge on any atom is 0.0663 e. The van der Waals surface area contributed by atoms with Crippen molar-refractivity contribution in [1.29, 1.82) is 0 Å². The molecule has 0 unspecified atom stereocenters. The zero-order valence-corrected chi connectivity index (χ0v) is 22.4. The van der Waals surface area contributed by atoms with Gasteiger partial charge in [-0.25, -0.2) is 0 Å².